The van der Waals surface area contributed by atoms with Gasteiger partial charge in [0, 0.05) is 10.9 Å². The molecule has 2 heteroatoms. The van der Waals surface area contributed by atoms with Crippen molar-refractivity contribution in [1.82, 2.24) is 5.32 Å². The summed E-state index contributed by atoms with van der Waals surface area (Å²) in [7, 11) is 2.07. The van der Waals surface area contributed by atoms with Crippen molar-refractivity contribution in [3.63, 3.8) is 0 Å². The van der Waals surface area contributed by atoms with E-state index in [1.165, 1.54) is 16.9 Å². The Morgan fingerprint density at radius 2 is 2.00 bits per heavy atom. The summed E-state index contributed by atoms with van der Waals surface area (Å²) >= 11 is 1.84. The lowest BCUT2D eigenvalue weighted by molar-refractivity contribution is 0.226. The smallest absolute Gasteiger partial charge is 0.0331 e. The molecule has 2 atom stereocenters. The van der Waals surface area contributed by atoms with E-state index >= 15 is 0 Å². The monoisotopic (exact) mass is 239 g/mol. The van der Waals surface area contributed by atoms with Gasteiger partial charge in [-0.3, -0.25) is 0 Å². The molecule has 0 aliphatic rings. The van der Waals surface area contributed by atoms with Gasteiger partial charge < -0.3 is 5.32 Å². The van der Waals surface area contributed by atoms with E-state index in [1.807, 2.05) is 11.3 Å². The average Bonchev–Trinajstić information content (AvgIpc) is 2.59. The fourth-order valence-electron chi connectivity index (χ4n) is 1.86. The minimum atomic E-state index is 0.388. The van der Waals surface area contributed by atoms with E-state index in [-0.39, 0.29) is 0 Å². The van der Waals surface area contributed by atoms with Crippen molar-refractivity contribution in [2.75, 3.05) is 7.05 Å². The van der Waals surface area contributed by atoms with Crippen molar-refractivity contribution < 1.29 is 0 Å². The van der Waals surface area contributed by atoms with Crippen LogP contribution in [0.5, 0.6) is 0 Å². The van der Waals surface area contributed by atoms with Gasteiger partial charge in [0.1, 0.15) is 0 Å². The minimum absolute atomic E-state index is 0.388. The Morgan fingerprint density at radius 3 is 2.38 bits per heavy atom. The summed E-state index contributed by atoms with van der Waals surface area (Å²) in [4.78, 5) is 1.44. The Kier molecular flexibility index (Phi) is 4.57. The fourth-order valence-corrected chi connectivity index (χ4v) is 2.63. The number of rotatable bonds is 4. The van der Waals surface area contributed by atoms with E-state index in [2.05, 4.69) is 58.4 Å². The molecule has 1 N–H and O–H groups in total. The first-order chi connectivity index (χ1) is 7.36. The highest BCUT2D eigenvalue weighted by atomic mass is 32.1. The molecule has 1 heterocycles. The van der Waals surface area contributed by atoms with Crippen molar-refractivity contribution in [3.8, 4) is 0 Å². The molecule has 0 saturated heterocycles. The van der Waals surface area contributed by atoms with Crippen molar-refractivity contribution in [1.29, 1.82) is 0 Å². The standard InChI is InChI=1S/C14H25NS/c1-10(14(3,4)5)9-13(15-6)12-7-8-16-11(12)2/h7-8,10,13,15H,9H2,1-6H3. The van der Waals surface area contributed by atoms with Crippen LogP contribution in [0.1, 0.15) is 50.6 Å². The van der Waals surface area contributed by atoms with Crippen LogP contribution in [0.2, 0.25) is 0 Å². The second-order valence-corrected chi connectivity index (χ2v) is 6.90. The summed E-state index contributed by atoms with van der Waals surface area (Å²) in [6.45, 7) is 11.5. The molecular weight excluding hydrogens is 214 g/mol. The zero-order valence-electron chi connectivity index (χ0n) is 11.4. The van der Waals surface area contributed by atoms with E-state index in [0.29, 0.717) is 17.4 Å². The highest BCUT2D eigenvalue weighted by molar-refractivity contribution is 7.10. The topological polar surface area (TPSA) is 12.0 Å². The summed E-state index contributed by atoms with van der Waals surface area (Å²) in [6.07, 6.45) is 1.21. The zero-order chi connectivity index (χ0) is 12.3. The lowest BCUT2D eigenvalue weighted by Gasteiger charge is -2.30. The van der Waals surface area contributed by atoms with Gasteiger partial charge >= 0.3 is 0 Å². The van der Waals surface area contributed by atoms with Gasteiger partial charge in [-0.25, -0.2) is 0 Å². The molecule has 0 aliphatic carbocycles. The van der Waals surface area contributed by atoms with E-state index in [1.54, 1.807) is 0 Å². The maximum Gasteiger partial charge on any atom is 0.0331 e. The third kappa shape index (κ3) is 3.33. The molecule has 0 bridgehead atoms. The molecule has 0 aliphatic heterocycles. The lowest BCUT2D eigenvalue weighted by Crippen LogP contribution is -2.25. The maximum atomic E-state index is 3.45. The molecule has 0 amide bonds. The van der Waals surface area contributed by atoms with Crippen LogP contribution in [0.4, 0.5) is 0 Å². The van der Waals surface area contributed by atoms with Gasteiger partial charge in [-0.15, -0.1) is 11.3 Å². The van der Waals surface area contributed by atoms with Crippen molar-refractivity contribution in [2.45, 2.75) is 47.1 Å². The Balaban J connectivity index is 2.74. The van der Waals surface area contributed by atoms with Crippen LogP contribution in [0.3, 0.4) is 0 Å². The van der Waals surface area contributed by atoms with Crippen LogP contribution in [-0.4, -0.2) is 7.05 Å². The molecule has 0 aromatic carbocycles. The number of thiophene rings is 1. The molecule has 0 saturated carbocycles. The molecule has 1 aromatic heterocycles. The Bertz CT molecular complexity index is 322. The number of hydrogen-bond acceptors (Lipinski definition) is 2. The number of hydrogen-bond donors (Lipinski definition) is 1. The first-order valence-corrected chi connectivity index (χ1v) is 6.95. The minimum Gasteiger partial charge on any atom is -0.313 e. The quantitative estimate of drug-likeness (QED) is 0.821. The molecular formula is C14H25NS. The Labute approximate surface area is 104 Å². The predicted molar refractivity (Wildman–Crippen MR) is 74.1 cm³/mol. The molecule has 0 spiro atoms. The molecule has 92 valence electrons. The summed E-state index contributed by atoms with van der Waals surface area (Å²) in [6, 6.07) is 2.76. The predicted octanol–water partition coefficient (Wildman–Crippen LogP) is 4.39. The largest absolute Gasteiger partial charge is 0.313 e. The normalized spacial score (nSPS) is 16.1. The van der Waals surface area contributed by atoms with Gasteiger partial charge in [0.2, 0.25) is 0 Å². The van der Waals surface area contributed by atoms with Crippen molar-refractivity contribution >= 4 is 11.3 Å². The van der Waals surface area contributed by atoms with Gasteiger partial charge in [0.25, 0.3) is 0 Å². The first kappa shape index (κ1) is 13.7. The van der Waals surface area contributed by atoms with E-state index in [4.69, 9.17) is 0 Å². The zero-order valence-corrected chi connectivity index (χ0v) is 12.2. The third-order valence-electron chi connectivity index (χ3n) is 3.69. The number of aryl methyl sites for hydroxylation is 1. The maximum absolute atomic E-state index is 3.45. The second-order valence-electron chi connectivity index (χ2n) is 5.78. The van der Waals surface area contributed by atoms with E-state index in [9.17, 15) is 0 Å². The van der Waals surface area contributed by atoms with Crippen LogP contribution in [0.25, 0.3) is 0 Å². The fraction of sp³-hybridized carbons (Fsp3) is 0.714. The second kappa shape index (κ2) is 5.33. The number of nitrogens with one attached hydrogen (secondary N) is 1. The summed E-state index contributed by atoms with van der Waals surface area (Å²) in [5, 5.41) is 5.65. The molecule has 1 nitrogen and oxygen atoms in total. The van der Waals surface area contributed by atoms with Gasteiger partial charge in [-0.05, 0) is 48.7 Å². The highest BCUT2D eigenvalue weighted by Gasteiger charge is 2.24. The van der Waals surface area contributed by atoms with Gasteiger partial charge in [0.05, 0.1) is 0 Å². The van der Waals surface area contributed by atoms with Crippen molar-refractivity contribution in [2.24, 2.45) is 11.3 Å². The van der Waals surface area contributed by atoms with Crippen LogP contribution in [0.15, 0.2) is 11.4 Å². The SMILES string of the molecule is CNC(CC(C)C(C)(C)C)c1ccsc1C. The van der Waals surface area contributed by atoms with Crippen LogP contribution < -0.4 is 5.32 Å². The van der Waals surface area contributed by atoms with Crippen LogP contribution in [-0.2, 0) is 0 Å². The van der Waals surface area contributed by atoms with Crippen molar-refractivity contribution in [3.05, 3.63) is 21.9 Å². The van der Waals surface area contributed by atoms with Gasteiger partial charge in [0.15, 0.2) is 0 Å². The van der Waals surface area contributed by atoms with Gasteiger partial charge in [-0.1, -0.05) is 27.7 Å². The molecule has 2 unspecified atom stereocenters. The molecule has 1 rings (SSSR count). The average molecular weight is 239 g/mol. The van der Waals surface area contributed by atoms with Crippen LogP contribution >= 0.6 is 11.3 Å². The summed E-state index contributed by atoms with van der Waals surface area (Å²) in [5.41, 5.74) is 1.86. The van der Waals surface area contributed by atoms with E-state index < -0.39 is 0 Å². The lowest BCUT2D eigenvalue weighted by atomic mass is 9.77. The Hall–Kier alpha value is -0.340. The highest BCUT2D eigenvalue weighted by Crippen LogP contribution is 2.34. The molecule has 0 fully saturated rings. The summed E-state index contributed by atoms with van der Waals surface area (Å²) in [5.74, 6) is 0.712. The molecule has 0 radical (unpaired) electrons. The molecule has 1 aromatic rings. The third-order valence-corrected chi connectivity index (χ3v) is 4.55. The first-order valence-electron chi connectivity index (χ1n) is 6.07. The van der Waals surface area contributed by atoms with Gasteiger partial charge in [-0.2, -0.15) is 0 Å². The molecule has 16 heavy (non-hydrogen) atoms. The Morgan fingerprint density at radius 1 is 1.38 bits per heavy atom. The van der Waals surface area contributed by atoms with E-state index in [0.717, 1.165) is 0 Å². The van der Waals surface area contributed by atoms with Crippen LogP contribution in [0, 0.1) is 18.3 Å². The summed E-state index contributed by atoms with van der Waals surface area (Å²) < 4.78 is 0.